The Morgan fingerprint density at radius 1 is 1.38 bits per heavy atom. The fraction of sp³-hybridized carbons (Fsp3) is 0.412. The van der Waals surface area contributed by atoms with Crippen molar-refractivity contribution in [2.24, 2.45) is 5.73 Å². The number of rotatable bonds is 3. The van der Waals surface area contributed by atoms with Gasteiger partial charge in [-0.15, -0.1) is 0 Å². The molecular formula is C17H20N4O3. The predicted octanol–water partition coefficient (Wildman–Crippen LogP) is 0.815. The van der Waals surface area contributed by atoms with E-state index in [0.29, 0.717) is 37.0 Å². The maximum atomic E-state index is 12.8. The van der Waals surface area contributed by atoms with Crippen molar-refractivity contribution in [1.29, 1.82) is 0 Å². The molecule has 0 bridgehead atoms. The molecule has 3 rings (SSSR count). The molecule has 2 amide bonds. The molecule has 2 aromatic heterocycles. The summed E-state index contributed by atoms with van der Waals surface area (Å²) < 4.78 is 1.78. The molecule has 126 valence electrons. The van der Waals surface area contributed by atoms with Crippen molar-refractivity contribution in [2.75, 3.05) is 6.54 Å². The van der Waals surface area contributed by atoms with Crippen molar-refractivity contribution in [3.05, 3.63) is 39.8 Å². The minimum atomic E-state index is -0.640. The van der Waals surface area contributed by atoms with Gasteiger partial charge in [-0.05, 0) is 38.8 Å². The maximum Gasteiger partial charge on any atom is 0.260 e. The Morgan fingerprint density at radius 3 is 2.79 bits per heavy atom. The van der Waals surface area contributed by atoms with Crippen molar-refractivity contribution in [3.63, 3.8) is 0 Å². The molecule has 0 aliphatic carbocycles. The third-order valence-electron chi connectivity index (χ3n) is 4.47. The zero-order valence-corrected chi connectivity index (χ0v) is 13.8. The van der Waals surface area contributed by atoms with Crippen LogP contribution in [0.4, 0.5) is 0 Å². The third kappa shape index (κ3) is 2.55. The van der Waals surface area contributed by atoms with Gasteiger partial charge in [0.25, 0.3) is 5.91 Å². The van der Waals surface area contributed by atoms with Gasteiger partial charge in [-0.2, -0.15) is 0 Å². The van der Waals surface area contributed by atoms with Crippen LogP contribution in [0.2, 0.25) is 0 Å². The lowest BCUT2D eigenvalue weighted by atomic mass is 10.1. The fourth-order valence-electron chi connectivity index (χ4n) is 3.21. The van der Waals surface area contributed by atoms with Gasteiger partial charge in [0.05, 0.1) is 5.39 Å². The number of carbonyl (C=O) groups excluding carboxylic acids is 2. The summed E-state index contributed by atoms with van der Waals surface area (Å²) in [5.41, 5.74) is 6.44. The van der Waals surface area contributed by atoms with E-state index >= 15 is 0 Å². The second-order valence-electron chi connectivity index (χ2n) is 6.04. The van der Waals surface area contributed by atoms with E-state index in [0.717, 1.165) is 5.69 Å². The van der Waals surface area contributed by atoms with Gasteiger partial charge in [0, 0.05) is 25.0 Å². The molecule has 24 heavy (non-hydrogen) atoms. The summed E-state index contributed by atoms with van der Waals surface area (Å²) in [6.07, 6.45) is 2.78. The standard InChI is InChI=1S/C17H20N4O3/c1-3-20-9-12(14(22)11-7-6-10(2)19-16(11)20)17(24)21-8-4-5-13(21)15(18)23/h6-7,9,13H,3-5,8H2,1-2H3,(H2,18,23)/t13-/m1/s1. The summed E-state index contributed by atoms with van der Waals surface area (Å²) in [5, 5.41) is 0.406. The van der Waals surface area contributed by atoms with E-state index in [-0.39, 0.29) is 11.0 Å². The van der Waals surface area contributed by atoms with Crippen LogP contribution in [0, 0.1) is 6.92 Å². The topological polar surface area (TPSA) is 98.3 Å². The number of aromatic nitrogens is 2. The number of carbonyl (C=O) groups is 2. The van der Waals surface area contributed by atoms with Crippen LogP contribution in [-0.4, -0.2) is 38.9 Å². The highest BCUT2D eigenvalue weighted by molar-refractivity contribution is 5.99. The average Bonchev–Trinajstić information content (AvgIpc) is 3.04. The number of amides is 2. The van der Waals surface area contributed by atoms with Crippen LogP contribution < -0.4 is 11.2 Å². The molecule has 0 unspecified atom stereocenters. The Morgan fingerprint density at radius 2 is 2.12 bits per heavy atom. The lowest BCUT2D eigenvalue weighted by Crippen LogP contribution is -2.45. The van der Waals surface area contributed by atoms with E-state index < -0.39 is 17.9 Å². The van der Waals surface area contributed by atoms with Gasteiger partial charge in [-0.1, -0.05) is 0 Å². The first-order valence-corrected chi connectivity index (χ1v) is 8.05. The highest BCUT2D eigenvalue weighted by Crippen LogP contribution is 2.20. The minimum absolute atomic E-state index is 0.0585. The Balaban J connectivity index is 2.14. The highest BCUT2D eigenvalue weighted by atomic mass is 16.2. The molecule has 1 aliphatic heterocycles. The Hall–Kier alpha value is -2.70. The molecule has 0 aromatic carbocycles. The molecule has 2 aromatic rings. The normalized spacial score (nSPS) is 17.4. The quantitative estimate of drug-likeness (QED) is 0.901. The Bertz CT molecular complexity index is 887. The molecule has 0 spiro atoms. The van der Waals surface area contributed by atoms with Crippen LogP contribution in [0.3, 0.4) is 0 Å². The van der Waals surface area contributed by atoms with E-state index in [9.17, 15) is 14.4 Å². The van der Waals surface area contributed by atoms with Crippen LogP contribution in [-0.2, 0) is 11.3 Å². The van der Waals surface area contributed by atoms with Gasteiger partial charge >= 0.3 is 0 Å². The lowest BCUT2D eigenvalue weighted by molar-refractivity contribution is -0.121. The first-order chi connectivity index (χ1) is 11.4. The van der Waals surface area contributed by atoms with Crippen molar-refractivity contribution in [2.45, 2.75) is 39.3 Å². The molecule has 1 saturated heterocycles. The number of likely N-dealkylation sites (tertiary alicyclic amines) is 1. The summed E-state index contributed by atoms with van der Waals surface area (Å²) in [4.78, 5) is 43.0. The number of hydrogen-bond acceptors (Lipinski definition) is 4. The molecular weight excluding hydrogens is 308 g/mol. The van der Waals surface area contributed by atoms with Crippen LogP contribution in [0.1, 0.15) is 35.8 Å². The third-order valence-corrected chi connectivity index (χ3v) is 4.47. The first-order valence-electron chi connectivity index (χ1n) is 8.05. The summed E-state index contributed by atoms with van der Waals surface area (Å²) in [6.45, 7) is 4.78. The SMILES string of the molecule is CCn1cc(C(=O)N2CCC[C@@H]2C(N)=O)c(=O)c2ccc(C)nc21. The summed E-state index contributed by atoms with van der Waals surface area (Å²) in [6, 6.07) is 2.80. The molecule has 0 radical (unpaired) electrons. The second-order valence-corrected chi connectivity index (χ2v) is 6.04. The van der Waals surface area contributed by atoms with Gasteiger partial charge in [0.15, 0.2) is 0 Å². The van der Waals surface area contributed by atoms with E-state index in [1.54, 1.807) is 16.7 Å². The second kappa shape index (κ2) is 6.07. The van der Waals surface area contributed by atoms with Gasteiger partial charge in [-0.25, -0.2) is 4.98 Å². The fourth-order valence-corrected chi connectivity index (χ4v) is 3.21. The number of hydrogen-bond donors (Lipinski definition) is 1. The number of nitrogens with zero attached hydrogens (tertiary/aromatic N) is 3. The summed E-state index contributed by atoms with van der Waals surface area (Å²) >= 11 is 0. The van der Waals surface area contributed by atoms with Crippen molar-refractivity contribution >= 4 is 22.8 Å². The number of nitrogens with two attached hydrogens (primary N) is 1. The van der Waals surface area contributed by atoms with Crippen molar-refractivity contribution in [1.82, 2.24) is 14.5 Å². The number of aryl methyl sites for hydroxylation is 2. The lowest BCUT2D eigenvalue weighted by Gasteiger charge is -2.22. The molecule has 3 heterocycles. The van der Waals surface area contributed by atoms with E-state index in [2.05, 4.69) is 4.98 Å². The highest BCUT2D eigenvalue weighted by Gasteiger charge is 2.34. The molecule has 2 N–H and O–H groups in total. The maximum absolute atomic E-state index is 12.8. The smallest absolute Gasteiger partial charge is 0.260 e. The van der Waals surface area contributed by atoms with Crippen LogP contribution in [0.25, 0.3) is 11.0 Å². The van der Waals surface area contributed by atoms with Gasteiger partial charge in [-0.3, -0.25) is 14.4 Å². The molecule has 0 saturated carbocycles. The van der Waals surface area contributed by atoms with Crippen LogP contribution >= 0.6 is 0 Å². The van der Waals surface area contributed by atoms with Gasteiger partial charge < -0.3 is 15.2 Å². The monoisotopic (exact) mass is 328 g/mol. The largest absolute Gasteiger partial charge is 0.368 e. The van der Waals surface area contributed by atoms with E-state index in [4.69, 9.17) is 5.73 Å². The minimum Gasteiger partial charge on any atom is -0.368 e. The average molecular weight is 328 g/mol. The Labute approximate surface area is 139 Å². The van der Waals surface area contributed by atoms with E-state index in [1.807, 2.05) is 13.8 Å². The summed E-state index contributed by atoms with van der Waals surface area (Å²) in [7, 11) is 0. The zero-order chi connectivity index (χ0) is 17.4. The first kappa shape index (κ1) is 16.2. The van der Waals surface area contributed by atoms with Crippen LogP contribution in [0.15, 0.2) is 23.1 Å². The molecule has 1 fully saturated rings. The molecule has 1 aliphatic rings. The van der Waals surface area contributed by atoms with Gasteiger partial charge in [0.1, 0.15) is 17.3 Å². The number of pyridine rings is 2. The zero-order valence-electron chi connectivity index (χ0n) is 13.8. The molecule has 7 heteroatoms. The number of fused-ring (bicyclic) bond motifs is 1. The predicted molar refractivity (Wildman–Crippen MR) is 89.7 cm³/mol. The van der Waals surface area contributed by atoms with E-state index in [1.165, 1.54) is 11.1 Å². The van der Waals surface area contributed by atoms with Crippen LogP contribution in [0.5, 0.6) is 0 Å². The summed E-state index contributed by atoms with van der Waals surface area (Å²) in [5.74, 6) is -0.972. The van der Waals surface area contributed by atoms with Crippen molar-refractivity contribution < 1.29 is 9.59 Å². The number of primary amides is 1. The van der Waals surface area contributed by atoms with Crippen molar-refractivity contribution in [3.8, 4) is 0 Å². The van der Waals surface area contributed by atoms with Gasteiger partial charge in [0.2, 0.25) is 11.3 Å². The molecule has 1 atom stereocenters. The molecule has 7 nitrogen and oxygen atoms in total. The Kier molecular flexibility index (Phi) is 4.09.